The summed E-state index contributed by atoms with van der Waals surface area (Å²) in [6.45, 7) is 4.63. The highest BCUT2D eigenvalue weighted by Gasteiger charge is 2.23. The quantitative estimate of drug-likeness (QED) is 0.560. The third-order valence-corrected chi connectivity index (χ3v) is 8.09. The van der Waals surface area contributed by atoms with Gasteiger partial charge in [0.25, 0.3) is 15.9 Å². The van der Waals surface area contributed by atoms with Crippen LogP contribution in [0.25, 0.3) is 10.8 Å². The minimum atomic E-state index is -3.47. The van der Waals surface area contributed by atoms with E-state index in [0.29, 0.717) is 18.8 Å². The predicted molar refractivity (Wildman–Crippen MR) is 116 cm³/mol. The van der Waals surface area contributed by atoms with Crippen LogP contribution in [-0.2, 0) is 21.4 Å². The molecule has 0 saturated carbocycles. The van der Waals surface area contributed by atoms with Gasteiger partial charge in [-0.1, -0.05) is 44.2 Å². The molecule has 1 aromatic heterocycles. The maximum absolute atomic E-state index is 12.5. The minimum absolute atomic E-state index is 0.103. The molecule has 0 fully saturated rings. The first kappa shape index (κ1) is 21.3. The molecule has 0 unspecified atom stereocenters. The summed E-state index contributed by atoms with van der Waals surface area (Å²) in [5.74, 6) is 0.363. The van der Waals surface area contributed by atoms with Crippen molar-refractivity contribution in [1.29, 1.82) is 0 Å². The molecule has 0 bridgehead atoms. The van der Waals surface area contributed by atoms with E-state index in [2.05, 4.69) is 5.32 Å². The monoisotopic (exact) mass is 432 g/mol. The Hall–Kier alpha value is -2.42. The van der Waals surface area contributed by atoms with Gasteiger partial charge in [0.05, 0.1) is 6.54 Å². The minimum Gasteiger partial charge on any atom is -0.484 e. The van der Waals surface area contributed by atoms with Gasteiger partial charge in [-0.25, -0.2) is 8.42 Å². The summed E-state index contributed by atoms with van der Waals surface area (Å²) in [7, 11) is -3.47. The molecule has 0 atom stereocenters. The van der Waals surface area contributed by atoms with Crippen LogP contribution in [0.4, 0.5) is 0 Å². The molecule has 0 spiro atoms. The molecule has 1 amide bonds. The zero-order valence-corrected chi connectivity index (χ0v) is 18.1. The van der Waals surface area contributed by atoms with Crippen molar-refractivity contribution in [1.82, 2.24) is 9.62 Å². The Bertz CT molecular complexity index is 1090. The Labute approximate surface area is 175 Å². The number of fused-ring (bicyclic) bond motifs is 1. The SMILES string of the molecule is CCN(CC)S(=O)(=O)c1ccc(CNC(=O)COc2ccc3ccccc3c2)s1. The fourth-order valence-electron chi connectivity index (χ4n) is 2.93. The highest BCUT2D eigenvalue weighted by molar-refractivity contribution is 7.91. The first-order valence-corrected chi connectivity index (χ1v) is 11.7. The van der Waals surface area contributed by atoms with Gasteiger partial charge < -0.3 is 10.1 Å². The van der Waals surface area contributed by atoms with E-state index in [-0.39, 0.29) is 23.3 Å². The molecule has 0 aliphatic heterocycles. The van der Waals surface area contributed by atoms with Crippen molar-refractivity contribution in [3.05, 3.63) is 59.5 Å². The van der Waals surface area contributed by atoms with Gasteiger partial charge in [0.15, 0.2) is 6.61 Å². The average molecular weight is 433 g/mol. The van der Waals surface area contributed by atoms with Crippen LogP contribution >= 0.6 is 11.3 Å². The lowest BCUT2D eigenvalue weighted by molar-refractivity contribution is -0.123. The smallest absolute Gasteiger partial charge is 0.258 e. The molecular weight excluding hydrogens is 408 g/mol. The Morgan fingerprint density at radius 2 is 1.76 bits per heavy atom. The number of carbonyl (C=O) groups excluding carboxylic acids is 1. The van der Waals surface area contributed by atoms with Crippen molar-refractivity contribution in [3.63, 3.8) is 0 Å². The number of nitrogens with zero attached hydrogens (tertiary/aromatic N) is 1. The zero-order valence-electron chi connectivity index (χ0n) is 16.4. The van der Waals surface area contributed by atoms with E-state index in [1.165, 1.54) is 15.6 Å². The van der Waals surface area contributed by atoms with Crippen molar-refractivity contribution in [3.8, 4) is 5.75 Å². The lowest BCUT2D eigenvalue weighted by Gasteiger charge is -2.16. The predicted octanol–water partition coefficient (Wildman–Crippen LogP) is 3.63. The van der Waals surface area contributed by atoms with Crippen LogP contribution < -0.4 is 10.1 Å². The maximum Gasteiger partial charge on any atom is 0.258 e. The Morgan fingerprint density at radius 3 is 2.48 bits per heavy atom. The van der Waals surface area contributed by atoms with Gasteiger partial charge in [0.1, 0.15) is 9.96 Å². The fraction of sp³-hybridized carbons (Fsp3) is 0.286. The maximum atomic E-state index is 12.5. The lowest BCUT2D eigenvalue weighted by Crippen LogP contribution is -2.30. The van der Waals surface area contributed by atoms with Crippen molar-refractivity contribution in [2.24, 2.45) is 0 Å². The van der Waals surface area contributed by atoms with Crippen molar-refractivity contribution >= 4 is 38.0 Å². The molecule has 1 N–H and O–H groups in total. The Balaban J connectivity index is 1.53. The van der Waals surface area contributed by atoms with E-state index in [4.69, 9.17) is 4.74 Å². The van der Waals surface area contributed by atoms with Crippen LogP contribution in [0.5, 0.6) is 5.75 Å². The second kappa shape index (κ2) is 9.39. The van der Waals surface area contributed by atoms with E-state index in [0.717, 1.165) is 15.6 Å². The van der Waals surface area contributed by atoms with Crippen LogP contribution in [0.2, 0.25) is 0 Å². The van der Waals surface area contributed by atoms with E-state index in [1.54, 1.807) is 12.1 Å². The summed E-state index contributed by atoms with van der Waals surface area (Å²) in [6, 6.07) is 16.9. The number of benzene rings is 2. The Morgan fingerprint density at radius 1 is 1.03 bits per heavy atom. The van der Waals surface area contributed by atoms with Crippen molar-refractivity contribution in [2.75, 3.05) is 19.7 Å². The second-order valence-electron chi connectivity index (χ2n) is 6.38. The molecule has 2 aromatic carbocycles. The molecule has 6 nitrogen and oxygen atoms in total. The van der Waals surface area contributed by atoms with Gasteiger partial charge in [0, 0.05) is 18.0 Å². The molecule has 3 rings (SSSR count). The summed E-state index contributed by atoms with van der Waals surface area (Å²) in [6.07, 6.45) is 0. The molecule has 8 heteroatoms. The number of hydrogen-bond acceptors (Lipinski definition) is 5. The number of amides is 1. The third kappa shape index (κ3) is 5.14. The van der Waals surface area contributed by atoms with Crippen LogP contribution in [0.1, 0.15) is 18.7 Å². The van der Waals surface area contributed by atoms with E-state index in [1.807, 2.05) is 56.3 Å². The first-order chi connectivity index (χ1) is 13.9. The van der Waals surface area contributed by atoms with Crippen LogP contribution in [-0.4, -0.2) is 38.3 Å². The van der Waals surface area contributed by atoms with Gasteiger partial charge in [-0.2, -0.15) is 4.31 Å². The van der Waals surface area contributed by atoms with Crippen LogP contribution in [0.3, 0.4) is 0 Å². The molecule has 0 radical (unpaired) electrons. The summed E-state index contributed by atoms with van der Waals surface area (Å²) >= 11 is 1.17. The van der Waals surface area contributed by atoms with Gasteiger partial charge in [-0.3, -0.25) is 4.79 Å². The van der Waals surface area contributed by atoms with Crippen LogP contribution in [0.15, 0.2) is 58.8 Å². The average Bonchev–Trinajstić information content (AvgIpc) is 3.21. The van der Waals surface area contributed by atoms with Gasteiger partial charge in [-0.15, -0.1) is 11.3 Å². The van der Waals surface area contributed by atoms with Crippen molar-refractivity contribution in [2.45, 2.75) is 24.6 Å². The van der Waals surface area contributed by atoms with E-state index >= 15 is 0 Å². The van der Waals surface area contributed by atoms with E-state index in [9.17, 15) is 13.2 Å². The van der Waals surface area contributed by atoms with Crippen molar-refractivity contribution < 1.29 is 17.9 Å². The Kier molecular flexibility index (Phi) is 6.89. The number of thiophene rings is 1. The normalized spacial score (nSPS) is 11.7. The van der Waals surface area contributed by atoms with E-state index < -0.39 is 10.0 Å². The van der Waals surface area contributed by atoms with Gasteiger partial charge in [0.2, 0.25) is 0 Å². The second-order valence-corrected chi connectivity index (χ2v) is 9.72. The number of nitrogens with one attached hydrogen (secondary N) is 1. The molecule has 1 heterocycles. The number of ether oxygens (including phenoxy) is 1. The summed E-state index contributed by atoms with van der Waals surface area (Å²) < 4.78 is 32.3. The van der Waals surface area contributed by atoms with Crippen LogP contribution in [0, 0.1) is 0 Å². The summed E-state index contributed by atoms with van der Waals surface area (Å²) in [4.78, 5) is 12.9. The molecule has 3 aromatic rings. The van der Waals surface area contributed by atoms with Gasteiger partial charge >= 0.3 is 0 Å². The number of sulfonamides is 1. The highest BCUT2D eigenvalue weighted by Crippen LogP contribution is 2.25. The highest BCUT2D eigenvalue weighted by atomic mass is 32.2. The fourth-order valence-corrected chi connectivity index (χ4v) is 5.83. The lowest BCUT2D eigenvalue weighted by atomic mass is 10.1. The summed E-state index contributed by atoms with van der Waals surface area (Å²) in [5.41, 5.74) is 0. The molecular formula is C21H24N2O4S2. The number of hydrogen-bond donors (Lipinski definition) is 1. The molecule has 0 saturated heterocycles. The zero-order chi connectivity index (χ0) is 20.9. The largest absolute Gasteiger partial charge is 0.484 e. The number of rotatable bonds is 9. The first-order valence-electron chi connectivity index (χ1n) is 9.41. The molecule has 154 valence electrons. The molecule has 29 heavy (non-hydrogen) atoms. The standard InChI is InChI=1S/C21H24N2O4S2/c1-3-23(4-2)29(25,26)21-12-11-19(28-21)14-22-20(24)15-27-18-10-9-16-7-5-6-8-17(16)13-18/h5-13H,3-4,14-15H2,1-2H3,(H,22,24). The number of carbonyl (C=O) groups is 1. The molecule has 0 aliphatic rings. The molecule has 0 aliphatic carbocycles. The summed E-state index contributed by atoms with van der Waals surface area (Å²) in [5, 5.41) is 4.92. The van der Waals surface area contributed by atoms with Gasteiger partial charge in [-0.05, 0) is 35.0 Å². The third-order valence-electron chi connectivity index (χ3n) is 4.49. The topological polar surface area (TPSA) is 75.7 Å².